The highest BCUT2D eigenvalue weighted by Crippen LogP contribution is 2.30. The third kappa shape index (κ3) is 3.67. The topological polar surface area (TPSA) is 49.4 Å². The first-order valence-electron chi connectivity index (χ1n) is 7.18. The van der Waals surface area contributed by atoms with E-state index < -0.39 is 0 Å². The zero-order chi connectivity index (χ0) is 15.5. The van der Waals surface area contributed by atoms with Crippen molar-refractivity contribution in [3.8, 4) is 0 Å². The second-order valence-corrected chi connectivity index (χ2v) is 5.85. The average Bonchev–Trinajstić information content (AvgIpc) is 2.87. The molecule has 1 fully saturated rings. The first-order chi connectivity index (χ1) is 9.94. The summed E-state index contributed by atoms with van der Waals surface area (Å²) in [7, 11) is 1.65. The van der Waals surface area contributed by atoms with E-state index in [1.54, 1.807) is 7.05 Å². The van der Waals surface area contributed by atoms with Crippen LogP contribution in [0.15, 0.2) is 24.3 Å². The van der Waals surface area contributed by atoms with Crippen LogP contribution in [0.5, 0.6) is 0 Å². The second kappa shape index (κ2) is 6.35. The van der Waals surface area contributed by atoms with Gasteiger partial charge in [-0.05, 0) is 44.2 Å². The molecule has 114 valence electrons. The highest BCUT2D eigenvalue weighted by Gasteiger charge is 2.39. The molecule has 1 N–H and O–H groups in total. The SMILES string of the molecule is CNC(=O)C1(C)CCN(CCC(=O)c2ccc(F)cc2)C1. The van der Waals surface area contributed by atoms with Crippen LogP contribution in [-0.4, -0.2) is 43.3 Å². The minimum atomic E-state index is -0.367. The van der Waals surface area contributed by atoms with Gasteiger partial charge in [0.25, 0.3) is 0 Å². The van der Waals surface area contributed by atoms with Crippen molar-refractivity contribution in [1.29, 1.82) is 0 Å². The number of hydrogen-bond acceptors (Lipinski definition) is 3. The molecule has 0 spiro atoms. The van der Waals surface area contributed by atoms with Gasteiger partial charge in [-0.15, -0.1) is 0 Å². The number of carbonyl (C=O) groups is 2. The number of benzene rings is 1. The van der Waals surface area contributed by atoms with Gasteiger partial charge in [0, 0.05) is 32.1 Å². The number of hydrogen-bond donors (Lipinski definition) is 1. The highest BCUT2D eigenvalue weighted by atomic mass is 19.1. The third-order valence-electron chi connectivity index (χ3n) is 4.15. The molecule has 1 aromatic carbocycles. The summed E-state index contributed by atoms with van der Waals surface area (Å²) < 4.78 is 12.8. The van der Waals surface area contributed by atoms with Gasteiger partial charge in [0.15, 0.2) is 5.78 Å². The predicted molar refractivity (Wildman–Crippen MR) is 78.6 cm³/mol. The van der Waals surface area contributed by atoms with Crippen molar-refractivity contribution < 1.29 is 14.0 Å². The summed E-state index contributed by atoms with van der Waals surface area (Å²) >= 11 is 0. The van der Waals surface area contributed by atoms with Gasteiger partial charge < -0.3 is 10.2 Å². The quantitative estimate of drug-likeness (QED) is 0.843. The molecular weight excluding hydrogens is 271 g/mol. The fraction of sp³-hybridized carbons (Fsp3) is 0.500. The van der Waals surface area contributed by atoms with Crippen LogP contribution in [0, 0.1) is 11.2 Å². The number of likely N-dealkylation sites (tertiary alicyclic amines) is 1. The van der Waals surface area contributed by atoms with Crippen molar-refractivity contribution in [2.45, 2.75) is 19.8 Å². The van der Waals surface area contributed by atoms with Gasteiger partial charge in [-0.2, -0.15) is 0 Å². The predicted octanol–water partition coefficient (Wildman–Crippen LogP) is 1.86. The second-order valence-electron chi connectivity index (χ2n) is 5.85. The number of halogens is 1. The third-order valence-corrected chi connectivity index (χ3v) is 4.15. The lowest BCUT2D eigenvalue weighted by atomic mass is 9.89. The largest absolute Gasteiger partial charge is 0.359 e. The van der Waals surface area contributed by atoms with Crippen molar-refractivity contribution in [2.75, 3.05) is 26.7 Å². The molecule has 1 atom stereocenters. The number of ketones is 1. The molecule has 0 aromatic heterocycles. The van der Waals surface area contributed by atoms with E-state index in [1.165, 1.54) is 24.3 Å². The standard InChI is InChI=1S/C16H21FN2O2/c1-16(15(21)18-2)8-10-19(11-16)9-7-14(20)12-3-5-13(17)6-4-12/h3-6H,7-11H2,1-2H3,(H,18,21). The van der Waals surface area contributed by atoms with Gasteiger partial charge in [0.2, 0.25) is 5.91 Å². The van der Waals surface area contributed by atoms with E-state index in [2.05, 4.69) is 10.2 Å². The molecule has 1 aliphatic heterocycles. The molecule has 1 amide bonds. The maximum absolute atomic E-state index is 12.8. The number of Topliss-reactive ketones (excluding diaryl/α,β-unsaturated/α-hetero) is 1. The smallest absolute Gasteiger partial charge is 0.227 e. The van der Waals surface area contributed by atoms with Crippen molar-refractivity contribution in [1.82, 2.24) is 10.2 Å². The first-order valence-corrected chi connectivity index (χ1v) is 7.18. The Balaban J connectivity index is 1.86. The molecular formula is C16H21FN2O2. The summed E-state index contributed by atoms with van der Waals surface area (Å²) in [5, 5.41) is 2.70. The van der Waals surface area contributed by atoms with E-state index in [-0.39, 0.29) is 22.9 Å². The fourth-order valence-electron chi connectivity index (χ4n) is 2.77. The Kier molecular flexibility index (Phi) is 4.73. The molecule has 0 bridgehead atoms. The molecule has 1 unspecified atom stereocenters. The van der Waals surface area contributed by atoms with Crippen molar-refractivity contribution in [3.05, 3.63) is 35.6 Å². The summed E-state index contributed by atoms with van der Waals surface area (Å²) in [4.78, 5) is 26.0. The van der Waals surface area contributed by atoms with Gasteiger partial charge >= 0.3 is 0 Å². The molecule has 0 radical (unpaired) electrons. The molecule has 0 aliphatic carbocycles. The Bertz CT molecular complexity index is 530. The number of rotatable bonds is 5. The zero-order valence-corrected chi connectivity index (χ0v) is 12.5. The molecule has 2 rings (SSSR count). The maximum Gasteiger partial charge on any atom is 0.227 e. The number of nitrogens with zero attached hydrogens (tertiary/aromatic N) is 1. The van der Waals surface area contributed by atoms with E-state index in [4.69, 9.17) is 0 Å². The molecule has 1 aliphatic rings. The van der Waals surface area contributed by atoms with Gasteiger partial charge in [-0.3, -0.25) is 9.59 Å². The lowest BCUT2D eigenvalue weighted by Crippen LogP contribution is -2.39. The van der Waals surface area contributed by atoms with E-state index in [0.717, 1.165) is 13.0 Å². The Morgan fingerprint density at radius 3 is 2.62 bits per heavy atom. The van der Waals surface area contributed by atoms with Crippen LogP contribution in [0.25, 0.3) is 0 Å². The molecule has 21 heavy (non-hydrogen) atoms. The Morgan fingerprint density at radius 2 is 2.00 bits per heavy atom. The van der Waals surface area contributed by atoms with E-state index in [9.17, 15) is 14.0 Å². The Morgan fingerprint density at radius 1 is 1.33 bits per heavy atom. The van der Waals surface area contributed by atoms with E-state index >= 15 is 0 Å². The van der Waals surface area contributed by atoms with Gasteiger partial charge in [0.05, 0.1) is 5.41 Å². The van der Waals surface area contributed by atoms with Crippen LogP contribution in [0.4, 0.5) is 4.39 Å². The fourth-order valence-corrected chi connectivity index (χ4v) is 2.77. The summed E-state index contributed by atoms with van der Waals surface area (Å²) in [6, 6.07) is 5.62. The summed E-state index contributed by atoms with van der Waals surface area (Å²) in [5.41, 5.74) is 0.165. The molecule has 1 aromatic rings. The lowest BCUT2D eigenvalue weighted by Gasteiger charge is -2.22. The van der Waals surface area contributed by atoms with Gasteiger partial charge in [0.1, 0.15) is 5.82 Å². The molecule has 4 nitrogen and oxygen atoms in total. The maximum atomic E-state index is 12.8. The van der Waals surface area contributed by atoms with E-state index in [0.29, 0.717) is 25.1 Å². The summed E-state index contributed by atoms with van der Waals surface area (Å²) in [6.45, 7) is 4.07. The van der Waals surface area contributed by atoms with Crippen LogP contribution >= 0.6 is 0 Å². The lowest BCUT2D eigenvalue weighted by molar-refractivity contribution is -0.129. The summed E-state index contributed by atoms with van der Waals surface area (Å²) in [6.07, 6.45) is 1.19. The van der Waals surface area contributed by atoms with Gasteiger partial charge in [-0.25, -0.2) is 4.39 Å². The first kappa shape index (κ1) is 15.6. The summed E-state index contributed by atoms with van der Waals surface area (Å²) in [5.74, 6) is -0.286. The average molecular weight is 292 g/mol. The van der Waals surface area contributed by atoms with Crippen molar-refractivity contribution >= 4 is 11.7 Å². The molecule has 0 saturated carbocycles. The minimum absolute atomic E-state index is 0.00328. The Hall–Kier alpha value is -1.75. The van der Waals surface area contributed by atoms with Crippen LogP contribution in [0.2, 0.25) is 0 Å². The number of amides is 1. The van der Waals surface area contributed by atoms with Gasteiger partial charge in [-0.1, -0.05) is 0 Å². The zero-order valence-electron chi connectivity index (χ0n) is 12.5. The van der Waals surface area contributed by atoms with Crippen molar-refractivity contribution in [3.63, 3.8) is 0 Å². The number of nitrogens with one attached hydrogen (secondary N) is 1. The normalized spacial score (nSPS) is 22.2. The molecule has 1 heterocycles. The van der Waals surface area contributed by atoms with Crippen LogP contribution in [-0.2, 0) is 4.79 Å². The van der Waals surface area contributed by atoms with Crippen molar-refractivity contribution in [2.24, 2.45) is 5.41 Å². The molecule has 1 saturated heterocycles. The van der Waals surface area contributed by atoms with Crippen LogP contribution < -0.4 is 5.32 Å². The Labute approximate surface area is 124 Å². The van der Waals surface area contributed by atoms with Crippen LogP contribution in [0.1, 0.15) is 30.1 Å². The highest BCUT2D eigenvalue weighted by molar-refractivity contribution is 5.96. The monoisotopic (exact) mass is 292 g/mol. The minimum Gasteiger partial charge on any atom is -0.359 e. The van der Waals surface area contributed by atoms with Crippen LogP contribution in [0.3, 0.4) is 0 Å². The molecule has 5 heteroatoms. The number of carbonyl (C=O) groups excluding carboxylic acids is 2. The van der Waals surface area contributed by atoms with E-state index in [1.807, 2.05) is 6.92 Å².